The van der Waals surface area contributed by atoms with Gasteiger partial charge in [-0.1, -0.05) is 0 Å². The molecule has 0 saturated heterocycles. The van der Waals surface area contributed by atoms with Crippen molar-refractivity contribution in [2.75, 3.05) is 26.2 Å². The monoisotopic (exact) mass is 508 g/mol. The molecule has 5 N–H and O–H groups in total. The number of carboxylic acids is 1. The van der Waals surface area contributed by atoms with E-state index in [1.807, 2.05) is 0 Å². The zero-order valence-electron chi connectivity index (χ0n) is 18.9. The summed E-state index contributed by atoms with van der Waals surface area (Å²) in [5.41, 5.74) is 0. The van der Waals surface area contributed by atoms with Crippen molar-refractivity contribution < 1.29 is 48.9 Å². The molecular formula is C17H28N6O12. The van der Waals surface area contributed by atoms with E-state index in [1.165, 1.54) is 0 Å². The van der Waals surface area contributed by atoms with E-state index in [0.29, 0.717) is 12.8 Å². The van der Waals surface area contributed by atoms with Gasteiger partial charge in [0.2, 0.25) is 11.7 Å². The molecule has 0 radical (unpaired) electrons. The Labute approximate surface area is 198 Å². The fourth-order valence-electron chi connectivity index (χ4n) is 2.45. The van der Waals surface area contributed by atoms with Crippen LogP contribution in [0.3, 0.4) is 0 Å². The number of Topliss-reactive ketones (excluding diaryl/α,β-unsaturated/α-hetero) is 1. The summed E-state index contributed by atoms with van der Waals surface area (Å²) >= 11 is 0. The first-order valence-electron chi connectivity index (χ1n) is 10.3. The Hall–Kier alpha value is -4.25. The van der Waals surface area contributed by atoms with Gasteiger partial charge < -0.3 is 36.0 Å². The summed E-state index contributed by atoms with van der Waals surface area (Å²) in [6.07, 6.45) is -0.849. The molecule has 0 aromatic rings. The lowest BCUT2D eigenvalue weighted by Gasteiger charge is -2.21. The highest BCUT2D eigenvalue weighted by Crippen LogP contribution is 2.03. The number of ketones is 1. The highest BCUT2D eigenvalue weighted by Gasteiger charge is 2.23. The van der Waals surface area contributed by atoms with Gasteiger partial charge in [-0.25, -0.2) is 4.79 Å². The summed E-state index contributed by atoms with van der Waals surface area (Å²) in [5.74, 6) is -3.28. The first kappa shape index (κ1) is 30.8. The minimum absolute atomic E-state index is 0.0144. The number of rotatable bonds is 19. The molecule has 198 valence electrons. The van der Waals surface area contributed by atoms with Gasteiger partial charge in [0.25, 0.3) is 16.1 Å². The van der Waals surface area contributed by atoms with E-state index in [-0.39, 0.29) is 32.4 Å². The molecule has 0 aliphatic rings. The number of amides is 4. The Bertz CT molecular complexity index is 777. The van der Waals surface area contributed by atoms with E-state index >= 15 is 0 Å². The van der Waals surface area contributed by atoms with Crippen LogP contribution < -0.4 is 21.3 Å². The third kappa shape index (κ3) is 17.0. The first-order valence-corrected chi connectivity index (χ1v) is 10.3. The van der Waals surface area contributed by atoms with Gasteiger partial charge in [-0.2, -0.15) is 0 Å². The number of aliphatic carboxylic acids is 1. The molecule has 0 fully saturated rings. The summed E-state index contributed by atoms with van der Waals surface area (Å²) in [4.78, 5) is 86.3. The zero-order valence-corrected chi connectivity index (χ0v) is 18.9. The number of nitrogens with zero attached hydrogens (tertiary/aromatic N) is 2. The topological polar surface area (TPSA) is 258 Å². The number of hydrogen-bond acceptors (Lipinski definition) is 11. The van der Waals surface area contributed by atoms with Gasteiger partial charge in [0.1, 0.15) is 18.8 Å². The van der Waals surface area contributed by atoms with Crippen molar-refractivity contribution in [1.29, 1.82) is 0 Å². The summed E-state index contributed by atoms with van der Waals surface area (Å²) in [7, 11) is 0. The molecule has 0 rings (SSSR count). The summed E-state index contributed by atoms with van der Waals surface area (Å²) < 4.78 is 0. The van der Waals surface area contributed by atoms with Crippen LogP contribution in [0.4, 0.5) is 4.79 Å². The number of carbonyl (C=O) groups excluding carboxylic acids is 4. The Balaban J connectivity index is 4.90. The smallest absolute Gasteiger partial charge is 0.315 e. The van der Waals surface area contributed by atoms with Crippen LogP contribution in [0.1, 0.15) is 39.0 Å². The Kier molecular flexibility index (Phi) is 15.2. The summed E-state index contributed by atoms with van der Waals surface area (Å²) in [6.45, 7) is -0.153. The minimum atomic E-state index is -1.51. The molecule has 0 spiro atoms. The van der Waals surface area contributed by atoms with Crippen LogP contribution in [0.5, 0.6) is 0 Å². The molecule has 18 nitrogen and oxygen atoms in total. The van der Waals surface area contributed by atoms with E-state index in [4.69, 9.17) is 5.11 Å². The average Bonchev–Trinajstić information content (AvgIpc) is 2.76. The maximum Gasteiger partial charge on any atom is 0.315 e. The van der Waals surface area contributed by atoms with Crippen LogP contribution in [0, 0.1) is 20.2 Å². The van der Waals surface area contributed by atoms with Gasteiger partial charge in [0, 0.05) is 33.0 Å². The fourth-order valence-corrected chi connectivity index (χ4v) is 2.45. The van der Waals surface area contributed by atoms with Gasteiger partial charge in [-0.3, -0.25) is 19.2 Å². The van der Waals surface area contributed by atoms with Crippen LogP contribution in [-0.4, -0.2) is 83.3 Å². The zero-order chi connectivity index (χ0) is 26.8. The first-order chi connectivity index (χ1) is 16.4. The molecule has 35 heavy (non-hydrogen) atoms. The number of nitrogens with one attached hydrogen (secondary N) is 4. The average molecular weight is 508 g/mol. The standard InChI is InChI=1S/C17H28N6O12/c1-11(24)15(27)18-7-3-2-5-13(21-17(29)19-8-4-6-14(25)26)16(28)20-9-12(35-23(32)33)10-34-22(30)31/h12-13H,2-10H2,1H3,(H,18,27)(H,20,28)(H,25,26)(H2,19,21,29)/t12-,13+/m1/s1. The van der Waals surface area contributed by atoms with Crippen LogP contribution in [0.2, 0.25) is 0 Å². The highest BCUT2D eigenvalue weighted by molar-refractivity contribution is 6.35. The lowest BCUT2D eigenvalue weighted by molar-refractivity contribution is -0.789. The van der Waals surface area contributed by atoms with Crippen LogP contribution >= 0.6 is 0 Å². The summed E-state index contributed by atoms with van der Waals surface area (Å²) in [5, 5.41) is 36.4. The number of unbranched alkanes of at least 4 members (excludes halogenated alkanes) is 1. The molecule has 0 aliphatic heterocycles. The quantitative estimate of drug-likeness (QED) is 0.0565. The van der Waals surface area contributed by atoms with Crippen molar-refractivity contribution in [2.24, 2.45) is 0 Å². The molecular weight excluding hydrogens is 480 g/mol. The lowest BCUT2D eigenvalue weighted by atomic mass is 10.1. The predicted octanol–water partition coefficient (Wildman–Crippen LogP) is -1.70. The molecule has 4 amide bonds. The van der Waals surface area contributed by atoms with E-state index in [1.54, 1.807) is 0 Å². The van der Waals surface area contributed by atoms with Gasteiger partial charge in [0.15, 0.2) is 0 Å². The van der Waals surface area contributed by atoms with Gasteiger partial charge >= 0.3 is 12.0 Å². The molecule has 0 bridgehead atoms. The van der Waals surface area contributed by atoms with Crippen molar-refractivity contribution in [1.82, 2.24) is 21.3 Å². The van der Waals surface area contributed by atoms with Crippen LogP contribution in [-0.2, 0) is 28.9 Å². The molecule has 2 atom stereocenters. The van der Waals surface area contributed by atoms with Crippen LogP contribution in [0.15, 0.2) is 0 Å². The molecule has 0 heterocycles. The lowest BCUT2D eigenvalue weighted by Crippen LogP contribution is -2.51. The second-order valence-electron chi connectivity index (χ2n) is 6.97. The molecule has 0 unspecified atom stereocenters. The van der Waals surface area contributed by atoms with Crippen molar-refractivity contribution >= 4 is 29.6 Å². The van der Waals surface area contributed by atoms with E-state index in [2.05, 4.69) is 30.9 Å². The highest BCUT2D eigenvalue weighted by atomic mass is 17.0. The molecule has 0 aromatic heterocycles. The van der Waals surface area contributed by atoms with E-state index in [9.17, 15) is 44.2 Å². The SMILES string of the molecule is CC(=O)C(=O)NCCCC[C@H](NC(=O)NCCCC(=O)O)C(=O)NC[C@H](CO[N+](=O)[O-])O[N+](=O)[O-]. The second-order valence-corrected chi connectivity index (χ2v) is 6.97. The van der Waals surface area contributed by atoms with E-state index < -0.39 is 65.1 Å². The Morgan fingerprint density at radius 1 is 0.943 bits per heavy atom. The molecule has 18 heteroatoms. The Morgan fingerprint density at radius 2 is 1.60 bits per heavy atom. The summed E-state index contributed by atoms with van der Waals surface area (Å²) in [6, 6.07) is -1.94. The normalized spacial score (nSPS) is 11.8. The third-order valence-electron chi connectivity index (χ3n) is 4.10. The maximum absolute atomic E-state index is 12.5. The number of carbonyl (C=O) groups is 5. The molecule has 0 aromatic carbocycles. The van der Waals surface area contributed by atoms with Crippen molar-refractivity contribution in [2.45, 2.75) is 51.2 Å². The fraction of sp³-hybridized carbons (Fsp3) is 0.706. The third-order valence-corrected chi connectivity index (χ3v) is 4.10. The largest absolute Gasteiger partial charge is 0.481 e. The van der Waals surface area contributed by atoms with Crippen molar-refractivity contribution in [3.63, 3.8) is 0 Å². The second kappa shape index (κ2) is 17.3. The molecule has 0 aliphatic carbocycles. The number of hydrogen-bond donors (Lipinski definition) is 5. The van der Waals surface area contributed by atoms with Crippen molar-refractivity contribution in [3.05, 3.63) is 20.2 Å². The van der Waals surface area contributed by atoms with Crippen molar-refractivity contribution in [3.8, 4) is 0 Å². The van der Waals surface area contributed by atoms with Gasteiger partial charge in [0.05, 0.1) is 0 Å². The maximum atomic E-state index is 12.5. The van der Waals surface area contributed by atoms with Crippen LogP contribution in [0.25, 0.3) is 0 Å². The minimum Gasteiger partial charge on any atom is -0.481 e. The van der Waals surface area contributed by atoms with E-state index in [0.717, 1.165) is 6.92 Å². The number of carboxylic acid groups (broad SMARTS) is 1. The van der Waals surface area contributed by atoms with Gasteiger partial charge in [-0.05, 0) is 25.7 Å². The molecule has 0 saturated carbocycles. The Morgan fingerprint density at radius 3 is 2.17 bits per heavy atom. The predicted molar refractivity (Wildman–Crippen MR) is 113 cm³/mol. The number of urea groups is 1. The van der Waals surface area contributed by atoms with Gasteiger partial charge in [-0.15, -0.1) is 20.2 Å².